The van der Waals surface area contributed by atoms with Gasteiger partial charge in [0.05, 0.1) is 16.8 Å². The minimum atomic E-state index is -0.548. The number of amides is 2. The van der Waals surface area contributed by atoms with E-state index in [1.807, 2.05) is 32.0 Å². The van der Waals surface area contributed by atoms with Gasteiger partial charge in [0.2, 0.25) is 0 Å². The maximum absolute atomic E-state index is 13.7. The van der Waals surface area contributed by atoms with E-state index in [0.29, 0.717) is 5.69 Å². The average molecular weight is 363 g/mol. The van der Waals surface area contributed by atoms with E-state index in [9.17, 15) is 14.0 Å². The molecule has 0 fully saturated rings. The number of anilines is 2. The van der Waals surface area contributed by atoms with Crippen molar-refractivity contribution in [2.75, 3.05) is 10.6 Å². The summed E-state index contributed by atoms with van der Waals surface area (Å²) in [6.45, 7) is 3.88. The standard InChI is InChI=1S/C21H18FN3O2/c1-13-7-14(2)9-17(8-13)24-20(26)15-10-16(12-23-11-15)21(27)25-19-6-4-3-5-18(19)22/h3-12H,1-2H3,(H,24,26)(H,25,27). The van der Waals surface area contributed by atoms with Gasteiger partial charge in [0.25, 0.3) is 11.8 Å². The van der Waals surface area contributed by atoms with E-state index in [2.05, 4.69) is 15.6 Å². The lowest BCUT2D eigenvalue weighted by molar-refractivity contribution is 0.102. The lowest BCUT2D eigenvalue weighted by atomic mass is 10.1. The van der Waals surface area contributed by atoms with E-state index in [1.165, 1.54) is 36.7 Å². The third kappa shape index (κ3) is 4.55. The molecule has 5 nitrogen and oxygen atoms in total. The van der Waals surface area contributed by atoms with Crippen LogP contribution in [-0.4, -0.2) is 16.8 Å². The zero-order valence-electron chi connectivity index (χ0n) is 14.9. The molecule has 0 radical (unpaired) electrons. The molecular formula is C21H18FN3O2. The zero-order valence-corrected chi connectivity index (χ0v) is 14.9. The van der Waals surface area contributed by atoms with Crippen LogP contribution in [0.4, 0.5) is 15.8 Å². The fraction of sp³-hybridized carbons (Fsp3) is 0.0952. The van der Waals surface area contributed by atoms with Gasteiger partial charge in [-0.1, -0.05) is 18.2 Å². The Morgan fingerprint density at radius 1 is 0.852 bits per heavy atom. The van der Waals surface area contributed by atoms with E-state index in [-0.39, 0.29) is 22.7 Å². The Kier molecular flexibility index (Phi) is 5.26. The Bertz CT molecular complexity index is 998. The number of benzene rings is 2. The van der Waals surface area contributed by atoms with E-state index in [0.717, 1.165) is 11.1 Å². The summed E-state index contributed by atoms with van der Waals surface area (Å²) in [5, 5.41) is 5.27. The maximum Gasteiger partial charge on any atom is 0.257 e. The summed E-state index contributed by atoms with van der Waals surface area (Å²) >= 11 is 0. The molecule has 2 N–H and O–H groups in total. The van der Waals surface area contributed by atoms with Gasteiger partial charge in [-0.2, -0.15) is 0 Å². The monoisotopic (exact) mass is 363 g/mol. The van der Waals surface area contributed by atoms with Crippen LogP contribution in [0.1, 0.15) is 31.8 Å². The van der Waals surface area contributed by atoms with Crippen LogP contribution >= 0.6 is 0 Å². The summed E-state index contributed by atoms with van der Waals surface area (Å²) in [5.74, 6) is -1.47. The molecule has 0 unspecified atom stereocenters. The van der Waals surface area contributed by atoms with Crippen molar-refractivity contribution >= 4 is 23.2 Å². The third-order valence-electron chi connectivity index (χ3n) is 3.86. The number of carbonyl (C=O) groups excluding carboxylic acids is 2. The van der Waals surface area contributed by atoms with Gasteiger partial charge >= 0.3 is 0 Å². The van der Waals surface area contributed by atoms with Crippen molar-refractivity contribution in [2.45, 2.75) is 13.8 Å². The predicted molar refractivity (Wildman–Crippen MR) is 102 cm³/mol. The second kappa shape index (κ2) is 7.78. The van der Waals surface area contributed by atoms with Crippen molar-refractivity contribution < 1.29 is 14.0 Å². The summed E-state index contributed by atoms with van der Waals surface area (Å²) in [6, 6.07) is 13.0. The molecule has 136 valence electrons. The molecule has 0 saturated heterocycles. The summed E-state index contributed by atoms with van der Waals surface area (Å²) in [4.78, 5) is 28.8. The van der Waals surface area contributed by atoms with Crippen molar-refractivity contribution in [1.82, 2.24) is 4.98 Å². The Balaban J connectivity index is 1.77. The quantitative estimate of drug-likeness (QED) is 0.724. The molecule has 6 heteroatoms. The SMILES string of the molecule is Cc1cc(C)cc(NC(=O)c2cncc(C(=O)Nc3ccccc3F)c2)c1. The molecule has 3 aromatic rings. The number of aromatic nitrogens is 1. The Morgan fingerprint density at radius 2 is 1.44 bits per heavy atom. The largest absolute Gasteiger partial charge is 0.322 e. The Labute approximate surface area is 156 Å². The fourth-order valence-electron chi connectivity index (χ4n) is 2.70. The molecule has 1 aromatic heterocycles. The minimum Gasteiger partial charge on any atom is -0.322 e. The summed E-state index contributed by atoms with van der Waals surface area (Å²) in [6.07, 6.45) is 2.70. The number of carbonyl (C=O) groups is 2. The van der Waals surface area contributed by atoms with E-state index in [4.69, 9.17) is 0 Å². The first-order valence-electron chi connectivity index (χ1n) is 8.33. The summed E-state index contributed by atoms with van der Waals surface area (Å²) in [7, 11) is 0. The zero-order chi connectivity index (χ0) is 19.4. The molecule has 0 saturated carbocycles. The van der Waals surface area contributed by atoms with Crippen molar-refractivity contribution in [2.24, 2.45) is 0 Å². The molecule has 0 aliphatic rings. The number of pyridine rings is 1. The topological polar surface area (TPSA) is 71.1 Å². The normalized spacial score (nSPS) is 10.3. The van der Waals surface area contributed by atoms with Crippen LogP contribution < -0.4 is 10.6 Å². The van der Waals surface area contributed by atoms with Crippen molar-refractivity contribution in [1.29, 1.82) is 0 Å². The highest BCUT2D eigenvalue weighted by Gasteiger charge is 2.13. The van der Waals surface area contributed by atoms with Gasteiger partial charge in [-0.25, -0.2) is 4.39 Å². The van der Waals surface area contributed by atoms with E-state index < -0.39 is 11.7 Å². The first-order valence-corrected chi connectivity index (χ1v) is 8.33. The maximum atomic E-state index is 13.7. The van der Waals surface area contributed by atoms with Crippen molar-refractivity contribution in [3.8, 4) is 0 Å². The van der Waals surface area contributed by atoms with Crippen LogP contribution in [0.5, 0.6) is 0 Å². The van der Waals surface area contributed by atoms with Gasteiger partial charge < -0.3 is 10.6 Å². The number of halogens is 1. The number of nitrogens with one attached hydrogen (secondary N) is 2. The second-order valence-corrected chi connectivity index (χ2v) is 6.23. The third-order valence-corrected chi connectivity index (χ3v) is 3.86. The van der Waals surface area contributed by atoms with Gasteiger partial charge in [-0.05, 0) is 55.3 Å². The van der Waals surface area contributed by atoms with E-state index in [1.54, 1.807) is 6.07 Å². The lowest BCUT2D eigenvalue weighted by Gasteiger charge is -2.09. The molecule has 1 heterocycles. The number of para-hydroxylation sites is 1. The first-order chi connectivity index (χ1) is 12.9. The molecule has 3 rings (SSSR count). The van der Waals surface area contributed by atoms with Gasteiger partial charge in [0.1, 0.15) is 5.82 Å². The number of hydrogen-bond acceptors (Lipinski definition) is 3. The van der Waals surface area contributed by atoms with Crippen LogP contribution in [0.15, 0.2) is 60.9 Å². The van der Waals surface area contributed by atoms with Gasteiger partial charge in [0.15, 0.2) is 0 Å². The van der Waals surface area contributed by atoms with Crippen LogP contribution in [-0.2, 0) is 0 Å². The molecule has 0 bridgehead atoms. The molecule has 0 spiro atoms. The van der Waals surface area contributed by atoms with Crippen molar-refractivity contribution in [3.63, 3.8) is 0 Å². The van der Waals surface area contributed by atoms with Crippen molar-refractivity contribution in [3.05, 3.63) is 89.0 Å². The number of aryl methyl sites for hydroxylation is 2. The van der Waals surface area contributed by atoms with Crippen LogP contribution in [0.2, 0.25) is 0 Å². The van der Waals surface area contributed by atoms with Crippen LogP contribution in [0.25, 0.3) is 0 Å². The number of rotatable bonds is 4. The minimum absolute atomic E-state index is 0.0626. The molecule has 0 atom stereocenters. The smallest absolute Gasteiger partial charge is 0.257 e. The highest BCUT2D eigenvalue weighted by Crippen LogP contribution is 2.16. The molecule has 27 heavy (non-hydrogen) atoms. The Morgan fingerprint density at radius 3 is 2.07 bits per heavy atom. The predicted octanol–water partition coefficient (Wildman–Crippen LogP) is 4.34. The van der Waals surface area contributed by atoms with Gasteiger partial charge in [-0.15, -0.1) is 0 Å². The fourth-order valence-corrected chi connectivity index (χ4v) is 2.70. The second-order valence-electron chi connectivity index (χ2n) is 6.23. The van der Waals surface area contributed by atoms with E-state index >= 15 is 0 Å². The van der Waals surface area contributed by atoms with Gasteiger partial charge in [-0.3, -0.25) is 14.6 Å². The summed E-state index contributed by atoms with van der Waals surface area (Å²) < 4.78 is 13.7. The Hall–Kier alpha value is -3.54. The highest BCUT2D eigenvalue weighted by atomic mass is 19.1. The molecule has 2 aromatic carbocycles. The number of hydrogen-bond donors (Lipinski definition) is 2. The first kappa shape index (κ1) is 18.3. The molecule has 0 aliphatic carbocycles. The van der Waals surface area contributed by atoms with Crippen LogP contribution in [0, 0.1) is 19.7 Å². The molecule has 2 amide bonds. The average Bonchev–Trinajstić information content (AvgIpc) is 2.63. The number of nitrogens with zero attached hydrogens (tertiary/aromatic N) is 1. The lowest BCUT2D eigenvalue weighted by Crippen LogP contribution is -2.16. The van der Waals surface area contributed by atoms with Crippen LogP contribution in [0.3, 0.4) is 0 Å². The highest BCUT2D eigenvalue weighted by molar-refractivity contribution is 6.08. The molecular weight excluding hydrogens is 345 g/mol. The summed E-state index contributed by atoms with van der Waals surface area (Å²) in [5.41, 5.74) is 3.18. The van der Waals surface area contributed by atoms with Gasteiger partial charge in [0, 0.05) is 18.1 Å². The molecule has 0 aliphatic heterocycles.